The molecule has 0 aliphatic carbocycles. The number of carbonyl (C=O) groups excluding carboxylic acids is 1. The SMILES string of the molecule is Cc1cc(C)nc(N2CCC(C(=O)N3CCCCC3)CC2)n1. The molecule has 3 rings (SSSR count). The predicted molar refractivity (Wildman–Crippen MR) is 86.9 cm³/mol. The van der Waals surface area contributed by atoms with E-state index < -0.39 is 0 Å². The first kappa shape index (κ1) is 15.3. The van der Waals surface area contributed by atoms with Crippen molar-refractivity contribution in [3.63, 3.8) is 0 Å². The Bertz CT molecular complexity index is 511. The standard InChI is InChI=1S/C17H26N4O/c1-13-12-14(2)19-17(18-13)21-10-6-15(7-11-21)16(22)20-8-4-3-5-9-20/h12,15H,3-11H2,1-2H3. The van der Waals surface area contributed by atoms with Crippen LogP contribution >= 0.6 is 0 Å². The number of carbonyl (C=O) groups is 1. The summed E-state index contributed by atoms with van der Waals surface area (Å²) in [5.74, 6) is 1.39. The summed E-state index contributed by atoms with van der Waals surface area (Å²) in [6, 6.07) is 2.00. The topological polar surface area (TPSA) is 49.3 Å². The molecule has 0 radical (unpaired) electrons. The molecule has 0 spiro atoms. The summed E-state index contributed by atoms with van der Waals surface area (Å²) in [5.41, 5.74) is 2.02. The number of piperidine rings is 2. The van der Waals surface area contributed by atoms with E-state index in [-0.39, 0.29) is 5.92 Å². The first-order valence-electron chi connectivity index (χ1n) is 8.49. The molecule has 0 bridgehead atoms. The van der Waals surface area contributed by atoms with E-state index in [0.717, 1.165) is 56.4 Å². The van der Waals surface area contributed by atoms with Gasteiger partial charge in [-0.3, -0.25) is 4.79 Å². The lowest BCUT2D eigenvalue weighted by molar-refractivity contribution is -0.137. The normalized spacial score (nSPS) is 20.3. The first-order valence-corrected chi connectivity index (χ1v) is 8.49. The Balaban J connectivity index is 1.58. The van der Waals surface area contributed by atoms with Gasteiger partial charge < -0.3 is 9.80 Å². The van der Waals surface area contributed by atoms with E-state index in [2.05, 4.69) is 19.8 Å². The predicted octanol–water partition coefficient (Wildman–Crippen LogP) is 2.32. The van der Waals surface area contributed by atoms with Crippen LogP contribution in [-0.4, -0.2) is 47.0 Å². The van der Waals surface area contributed by atoms with Crippen molar-refractivity contribution >= 4 is 11.9 Å². The van der Waals surface area contributed by atoms with Gasteiger partial charge in [-0.25, -0.2) is 9.97 Å². The summed E-state index contributed by atoms with van der Waals surface area (Å²) in [4.78, 5) is 26.0. The third-order valence-corrected chi connectivity index (χ3v) is 4.77. The molecule has 0 N–H and O–H groups in total. The fraction of sp³-hybridized carbons (Fsp3) is 0.706. The van der Waals surface area contributed by atoms with Crippen LogP contribution in [0.15, 0.2) is 6.07 Å². The highest BCUT2D eigenvalue weighted by Gasteiger charge is 2.29. The fourth-order valence-corrected chi connectivity index (χ4v) is 3.55. The largest absolute Gasteiger partial charge is 0.342 e. The second kappa shape index (κ2) is 6.63. The highest BCUT2D eigenvalue weighted by atomic mass is 16.2. The minimum atomic E-state index is 0.195. The number of anilines is 1. The Hall–Kier alpha value is -1.65. The number of amides is 1. The summed E-state index contributed by atoms with van der Waals surface area (Å²) >= 11 is 0. The van der Waals surface area contributed by atoms with Gasteiger partial charge in [-0.15, -0.1) is 0 Å². The molecule has 0 atom stereocenters. The quantitative estimate of drug-likeness (QED) is 0.841. The van der Waals surface area contributed by atoms with Crippen LogP contribution < -0.4 is 4.90 Å². The first-order chi connectivity index (χ1) is 10.6. The van der Waals surface area contributed by atoms with E-state index in [4.69, 9.17) is 0 Å². The summed E-state index contributed by atoms with van der Waals surface area (Å²) < 4.78 is 0. The van der Waals surface area contributed by atoms with Gasteiger partial charge in [0, 0.05) is 43.5 Å². The molecule has 0 saturated carbocycles. The molecule has 120 valence electrons. The zero-order valence-electron chi connectivity index (χ0n) is 13.7. The van der Waals surface area contributed by atoms with Gasteiger partial charge in [-0.1, -0.05) is 0 Å². The van der Waals surface area contributed by atoms with E-state index in [0.29, 0.717) is 5.91 Å². The number of rotatable bonds is 2. The molecule has 2 aliphatic rings. The smallest absolute Gasteiger partial charge is 0.225 e. The van der Waals surface area contributed by atoms with Crippen LogP contribution in [0.4, 0.5) is 5.95 Å². The Labute approximate surface area is 132 Å². The minimum absolute atomic E-state index is 0.195. The van der Waals surface area contributed by atoms with Crippen molar-refractivity contribution in [1.82, 2.24) is 14.9 Å². The van der Waals surface area contributed by atoms with E-state index in [9.17, 15) is 4.79 Å². The Kier molecular flexibility index (Phi) is 4.60. The molecule has 5 nitrogen and oxygen atoms in total. The van der Waals surface area contributed by atoms with Gasteiger partial charge >= 0.3 is 0 Å². The molecule has 0 unspecified atom stereocenters. The lowest BCUT2D eigenvalue weighted by atomic mass is 9.94. The summed E-state index contributed by atoms with van der Waals surface area (Å²) in [6.45, 7) is 7.69. The van der Waals surface area contributed by atoms with Gasteiger partial charge in [0.2, 0.25) is 11.9 Å². The summed E-state index contributed by atoms with van der Waals surface area (Å²) in [7, 11) is 0. The highest BCUT2D eigenvalue weighted by Crippen LogP contribution is 2.24. The lowest BCUT2D eigenvalue weighted by Gasteiger charge is -2.35. The van der Waals surface area contributed by atoms with Crippen LogP contribution in [0, 0.1) is 19.8 Å². The van der Waals surface area contributed by atoms with Crippen molar-refractivity contribution in [2.45, 2.75) is 46.0 Å². The zero-order chi connectivity index (χ0) is 15.5. The number of hydrogen-bond acceptors (Lipinski definition) is 4. The number of aryl methyl sites for hydroxylation is 2. The maximum absolute atomic E-state index is 12.6. The molecule has 0 aromatic carbocycles. The van der Waals surface area contributed by atoms with E-state index in [1.165, 1.54) is 19.3 Å². The van der Waals surface area contributed by atoms with Crippen LogP contribution in [0.2, 0.25) is 0 Å². The summed E-state index contributed by atoms with van der Waals surface area (Å²) in [5, 5.41) is 0. The second-order valence-electron chi connectivity index (χ2n) is 6.60. The maximum atomic E-state index is 12.6. The van der Waals surface area contributed by atoms with E-state index >= 15 is 0 Å². The zero-order valence-corrected chi connectivity index (χ0v) is 13.7. The molecule has 1 amide bonds. The van der Waals surface area contributed by atoms with Gasteiger partial charge in [0.1, 0.15) is 0 Å². The highest BCUT2D eigenvalue weighted by molar-refractivity contribution is 5.79. The minimum Gasteiger partial charge on any atom is -0.342 e. The molecule has 2 aliphatic heterocycles. The Morgan fingerprint density at radius 1 is 1.00 bits per heavy atom. The average Bonchev–Trinajstić information content (AvgIpc) is 2.54. The number of hydrogen-bond donors (Lipinski definition) is 0. The molecule has 3 heterocycles. The van der Waals surface area contributed by atoms with Crippen molar-refractivity contribution in [3.05, 3.63) is 17.5 Å². The number of likely N-dealkylation sites (tertiary alicyclic amines) is 1. The maximum Gasteiger partial charge on any atom is 0.225 e. The second-order valence-corrected chi connectivity index (χ2v) is 6.60. The number of nitrogens with zero attached hydrogens (tertiary/aromatic N) is 4. The van der Waals surface area contributed by atoms with Crippen LogP contribution in [0.25, 0.3) is 0 Å². The van der Waals surface area contributed by atoms with Crippen molar-refractivity contribution in [3.8, 4) is 0 Å². The molecule has 1 aromatic rings. The molecule has 2 fully saturated rings. The number of aromatic nitrogens is 2. The lowest BCUT2D eigenvalue weighted by Crippen LogP contribution is -2.44. The van der Waals surface area contributed by atoms with Crippen LogP contribution in [0.3, 0.4) is 0 Å². The fourth-order valence-electron chi connectivity index (χ4n) is 3.55. The summed E-state index contributed by atoms with van der Waals surface area (Å²) in [6.07, 6.45) is 5.45. The van der Waals surface area contributed by atoms with Crippen molar-refractivity contribution in [1.29, 1.82) is 0 Å². The van der Waals surface area contributed by atoms with E-state index in [1.54, 1.807) is 0 Å². The molecular weight excluding hydrogens is 276 g/mol. The van der Waals surface area contributed by atoms with Gasteiger partial charge in [-0.05, 0) is 52.0 Å². The Morgan fingerprint density at radius 2 is 1.59 bits per heavy atom. The Morgan fingerprint density at radius 3 is 2.18 bits per heavy atom. The third kappa shape index (κ3) is 3.39. The molecule has 1 aromatic heterocycles. The molecular formula is C17H26N4O. The van der Waals surface area contributed by atoms with Crippen molar-refractivity contribution < 1.29 is 4.79 Å². The molecule has 22 heavy (non-hydrogen) atoms. The van der Waals surface area contributed by atoms with Gasteiger partial charge in [0.15, 0.2) is 0 Å². The van der Waals surface area contributed by atoms with Gasteiger partial charge in [0.05, 0.1) is 0 Å². The molecule has 2 saturated heterocycles. The monoisotopic (exact) mass is 302 g/mol. The third-order valence-electron chi connectivity index (χ3n) is 4.77. The van der Waals surface area contributed by atoms with Crippen LogP contribution in [0.5, 0.6) is 0 Å². The molecule has 5 heteroatoms. The van der Waals surface area contributed by atoms with E-state index in [1.807, 2.05) is 19.9 Å². The average molecular weight is 302 g/mol. The van der Waals surface area contributed by atoms with Crippen molar-refractivity contribution in [2.75, 3.05) is 31.1 Å². The van der Waals surface area contributed by atoms with Gasteiger partial charge in [0.25, 0.3) is 0 Å². The van der Waals surface area contributed by atoms with Crippen LogP contribution in [0.1, 0.15) is 43.5 Å². The van der Waals surface area contributed by atoms with Crippen LogP contribution in [-0.2, 0) is 4.79 Å². The van der Waals surface area contributed by atoms with Gasteiger partial charge in [-0.2, -0.15) is 0 Å². The van der Waals surface area contributed by atoms with Crippen molar-refractivity contribution in [2.24, 2.45) is 5.92 Å².